The summed E-state index contributed by atoms with van der Waals surface area (Å²) >= 11 is 1.82. The molecule has 3 nitrogen and oxygen atoms in total. The molecular formula is C17H26N2OS. The second kappa shape index (κ2) is 6.09. The molecule has 1 saturated carbocycles. The minimum absolute atomic E-state index is 0.259. The summed E-state index contributed by atoms with van der Waals surface area (Å²) in [7, 11) is 0. The smallest absolute Gasteiger partial charge is 0.236 e. The van der Waals surface area contributed by atoms with Crippen LogP contribution >= 0.6 is 11.3 Å². The summed E-state index contributed by atoms with van der Waals surface area (Å²) < 4.78 is 0. The summed E-state index contributed by atoms with van der Waals surface area (Å²) in [6.45, 7) is 6.86. The van der Waals surface area contributed by atoms with Crippen molar-refractivity contribution in [3.8, 4) is 0 Å². The highest BCUT2D eigenvalue weighted by Crippen LogP contribution is 2.35. The van der Waals surface area contributed by atoms with E-state index in [4.69, 9.17) is 0 Å². The summed E-state index contributed by atoms with van der Waals surface area (Å²) in [5.41, 5.74) is 1.77. The lowest BCUT2D eigenvalue weighted by molar-refractivity contribution is -0.131. The molecular weight excluding hydrogens is 280 g/mol. The Morgan fingerprint density at radius 1 is 1.52 bits per heavy atom. The standard InChI is InChI=1S/C17H26N2OS/c1-17(2)7-3-4-14(10-17)18-11-16(20)19-8-5-15-13(12-19)6-9-21-15/h6,9,14,18H,3-5,7-8,10-12H2,1-2H3. The van der Waals surface area contributed by atoms with Gasteiger partial charge in [-0.1, -0.05) is 20.3 Å². The molecule has 0 spiro atoms. The van der Waals surface area contributed by atoms with E-state index in [0.717, 1.165) is 19.5 Å². The fraction of sp³-hybridized carbons (Fsp3) is 0.706. The molecule has 1 unspecified atom stereocenters. The predicted octanol–water partition coefficient (Wildman–Crippen LogP) is 3.19. The second-order valence-corrected chi connectivity index (χ2v) is 8.27. The van der Waals surface area contributed by atoms with Gasteiger partial charge in [0, 0.05) is 24.0 Å². The van der Waals surface area contributed by atoms with Crippen LogP contribution in [0.3, 0.4) is 0 Å². The Balaban J connectivity index is 1.49. The van der Waals surface area contributed by atoms with Crippen LogP contribution in [0.2, 0.25) is 0 Å². The van der Waals surface area contributed by atoms with Crippen molar-refractivity contribution in [2.24, 2.45) is 5.41 Å². The van der Waals surface area contributed by atoms with Gasteiger partial charge in [0.25, 0.3) is 0 Å². The van der Waals surface area contributed by atoms with Gasteiger partial charge in [-0.3, -0.25) is 4.79 Å². The molecule has 1 aliphatic heterocycles. The van der Waals surface area contributed by atoms with Crippen LogP contribution in [0.15, 0.2) is 11.4 Å². The van der Waals surface area contributed by atoms with Gasteiger partial charge in [-0.2, -0.15) is 0 Å². The number of amides is 1. The third kappa shape index (κ3) is 3.67. The fourth-order valence-corrected chi connectivity index (χ4v) is 4.57. The first kappa shape index (κ1) is 15.0. The Kier molecular flexibility index (Phi) is 4.36. The zero-order chi connectivity index (χ0) is 14.9. The molecule has 0 saturated heterocycles. The molecule has 1 N–H and O–H groups in total. The van der Waals surface area contributed by atoms with E-state index >= 15 is 0 Å². The average molecular weight is 306 g/mol. The zero-order valence-electron chi connectivity index (χ0n) is 13.2. The lowest BCUT2D eigenvalue weighted by Crippen LogP contribution is -2.45. The molecule has 1 aromatic heterocycles. The minimum Gasteiger partial charge on any atom is -0.337 e. The Morgan fingerprint density at radius 2 is 2.38 bits per heavy atom. The number of nitrogens with one attached hydrogen (secondary N) is 1. The molecule has 21 heavy (non-hydrogen) atoms. The Morgan fingerprint density at radius 3 is 3.19 bits per heavy atom. The van der Waals surface area contributed by atoms with Gasteiger partial charge in [0.2, 0.25) is 5.91 Å². The second-order valence-electron chi connectivity index (χ2n) is 7.27. The molecule has 1 atom stereocenters. The van der Waals surface area contributed by atoms with Crippen LogP contribution in [0, 0.1) is 5.41 Å². The maximum atomic E-state index is 12.4. The van der Waals surface area contributed by atoms with Crippen molar-refractivity contribution in [1.29, 1.82) is 0 Å². The van der Waals surface area contributed by atoms with Crippen molar-refractivity contribution in [2.45, 2.75) is 58.5 Å². The van der Waals surface area contributed by atoms with Crippen LogP contribution < -0.4 is 5.32 Å². The number of rotatable bonds is 3. The molecule has 1 amide bonds. The predicted molar refractivity (Wildman–Crippen MR) is 87.5 cm³/mol. The van der Waals surface area contributed by atoms with Crippen LogP contribution in [0.25, 0.3) is 0 Å². The average Bonchev–Trinajstić information content (AvgIpc) is 2.91. The third-order valence-corrected chi connectivity index (χ3v) is 5.93. The first-order valence-electron chi connectivity index (χ1n) is 8.10. The molecule has 0 bridgehead atoms. The highest BCUT2D eigenvalue weighted by molar-refractivity contribution is 7.10. The van der Waals surface area contributed by atoms with Crippen LogP contribution in [0.1, 0.15) is 50.0 Å². The van der Waals surface area contributed by atoms with Crippen LogP contribution in [-0.4, -0.2) is 29.9 Å². The minimum atomic E-state index is 0.259. The molecule has 1 fully saturated rings. The van der Waals surface area contributed by atoms with Gasteiger partial charge in [0.05, 0.1) is 6.54 Å². The highest BCUT2D eigenvalue weighted by Gasteiger charge is 2.28. The lowest BCUT2D eigenvalue weighted by atomic mass is 9.75. The van der Waals surface area contributed by atoms with Gasteiger partial charge in [-0.05, 0) is 48.1 Å². The molecule has 4 heteroatoms. The molecule has 2 heterocycles. The van der Waals surface area contributed by atoms with Gasteiger partial charge in [-0.15, -0.1) is 11.3 Å². The van der Waals surface area contributed by atoms with E-state index in [2.05, 4.69) is 30.6 Å². The van der Waals surface area contributed by atoms with Crippen molar-refractivity contribution < 1.29 is 4.79 Å². The first-order chi connectivity index (χ1) is 10.0. The van der Waals surface area contributed by atoms with Crippen molar-refractivity contribution in [3.05, 3.63) is 21.9 Å². The maximum absolute atomic E-state index is 12.4. The van der Waals surface area contributed by atoms with Crippen molar-refractivity contribution in [3.63, 3.8) is 0 Å². The Labute approximate surface area is 131 Å². The molecule has 116 valence electrons. The number of fused-ring (bicyclic) bond motifs is 1. The molecule has 1 aromatic rings. The van der Waals surface area contributed by atoms with Crippen LogP contribution in [0.4, 0.5) is 0 Å². The van der Waals surface area contributed by atoms with Crippen LogP contribution in [0.5, 0.6) is 0 Å². The number of carbonyl (C=O) groups is 1. The van der Waals surface area contributed by atoms with E-state index in [9.17, 15) is 4.79 Å². The van der Waals surface area contributed by atoms with Gasteiger partial charge in [-0.25, -0.2) is 0 Å². The number of hydrogen-bond donors (Lipinski definition) is 1. The Hall–Kier alpha value is -0.870. The SMILES string of the molecule is CC1(C)CCCC(NCC(=O)N2CCc3sccc3C2)C1. The highest BCUT2D eigenvalue weighted by atomic mass is 32.1. The largest absolute Gasteiger partial charge is 0.337 e. The van der Waals surface area contributed by atoms with Crippen LogP contribution in [-0.2, 0) is 17.8 Å². The van der Waals surface area contributed by atoms with Crippen molar-refractivity contribution in [2.75, 3.05) is 13.1 Å². The lowest BCUT2D eigenvalue weighted by Gasteiger charge is -2.36. The number of nitrogens with zero attached hydrogens (tertiary/aromatic N) is 1. The molecule has 0 aromatic carbocycles. The first-order valence-corrected chi connectivity index (χ1v) is 8.98. The van der Waals surface area contributed by atoms with Gasteiger partial charge < -0.3 is 10.2 Å². The van der Waals surface area contributed by atoms with E-state index in [-0.39, 0.29) is 5.91 Å². The van der Waals surface area contributed by atoms with Gasteiger partial charge >= 0.3 is 0 Å². The molecule has 3 rings (SSSR count). The summed E-state index contributed by atoms with van der Waals surface area (Å²) in [5.74, 6) is 0.259. The van der Waals surface area contributed by atoms with E-state index < -0.39 is 0 Å². The van der Waals surface area contributed by atoms with Crippen molar-refractivity contribution >= 4 is 17.2 Å². The summed E-state index contributed by atoms with van der Waals surface area (Å²) in [6, 6.07) is 2.68. The topological polar surface area (TPSA) is 32.3 Å². The summed E-state index contributed by atoms with van der Waals surface area (Å²) in [5, 5.41) is 5.64. The summed E-state index contributed by atoms with van der Waals surface area (Å²) in [6.07, 6.45) is 6.02. The quantitative estimate of drug-likeness (QED) is 0.930. The van der Waals surface area contributed by atoms with E-state index in [1.807, 2.05) is 16.2 Å². The number of carbonyl (C=O) groups excluding carboxylic acids is 1. The van der Waals surface area contributed by atoms with Gasteiger partial charge in [0.15, 0.2) is 0 Å². The van der Waals surface area contributed by atoms with E-state index in [1.54, 1.807) is 0 Å². The van der Waals surface area contributed by atoms with Gasteiger partial charge in [0.1, 0.15) is 0 Å². The molecule has 0 radical (unpaired) electrons. The normalized spacial score (nSPS) is 24.7. The monoisotopic (exact) mass is 306 g/mol. The Bertz CT molecular complexity index is 509. The molecule has 2 aliphatic rings. The van der Waals surface area contributed by atoms with E-state index in [1.165, 1.54) is 36.1 Å². The number of hydrogen-bond acceptors (Lipinski definition) is 3. The summed E-state index contributed by atoms with van der Waals surface area (Å²) in [4.78, 5) is 15.9. The fourth-order valence-electron chi connectivity index (χ4n) is 3.68. The third-order valence-electron chi connectivity index (χ3n) is 4.91. The van der Waals surface area contributed by atoms with Crippen molar-refractivity contribution in [1.82, 2.24) is 10.2 Å². The maximum Gasteiger partial charge on any atom is 0.236 e. The van der Waals surface area contributed by atoms with E-state index in [0.29, 0.717) is 18.0 Å². The zero-order valence-corrected chi connectivity index (χ0v) is 14.0. The molecule has 1 aliphatic carbocycles. The number of thiophene rings is 1.